The Hall–Kier alpha value is -1.20. The number of aromatic nitrogens is 1. The molecule has 5 heteroatoms. The van der Waals surface area contributed by atoms with Gasteiger partial charge in [0.1, 0.15) is 0 Å². The SMILES string of the molecule is S=C(NC1CC1)N1CCC[C@@H](c2nc3ccccc3s2)C1. The van der Waals surface area contributed by atoms with Crippen LogP contribution >= 0.6 is 23.6 Å². The highest BCUT2D eigenvalue weighted by atomic mass is 32.1. The van der Waals surface area contributed by atoms with E-state index in [2.05, 4.69) is 34.5 Å². The fourth-order valence-electron chi connectivity index (χ4n) is 2.92. The third kappa shape index (κ3) is 2.90. The van der Waals surface area contributed by atoms with Gasteiger partial charge in [-0.05, 0) is 50.0 Å². The minimum absolute atomic E-state index is 0.523. The summed E-state index contributed by atoms with van der Waals surface area (Å²) in [5, 5.41) is 5.68. The van der Waals surface area contributed by atoms with E-state index >= 15 is 0 Å². The van der Waals surface area contributed by atoms with Gasteiger partial charge in [-0.2, -0.15) is 0 Å². The molecule has 0 bridgehead atoms. The molecule has 0 unspecified atom stereocenters. The molecule has 1 aliphatic carbocycles. The van der Waals surface area contributed by atoms with Crippen LogP contribution in [0.15, 0.2) is 24.3 Å². The van der Waals surface area contributed by atoms with Crippen molar-refractivity contribution in [3.8, 4) is 0 Å². The molecule has 1 aliphatic heterocycles. The molecular weight excluding hydrogens is 298 g/mol. The van der Waals surface area contributed by atoms with Gasteiger partial charge in [-0.1, -0.05) is 12.1 Å². The number of hydrogen-bond donors (Lipinski definition) is 1. The van der Waals surface area contributed by atoms with E-state index in [1.54, 1.807) is 0 Å². The molecule has 0 amide bonds. The van der Waals surface area contributed by atoms with Crippen LogP contribution in [0.4, 0.5) is 0 Å². The highest BCUT2D eigenvalue weighted by molar-refractivity contribution is 7.80. The lowest BCUT2D eigenvalue weighted by Gasteiger charge is -2.33. The van der Waals surface area contributed by atoms with E-state index in [1.807, 2.05) is 11.3 Å². The van der Waals surface area contributed by atoms with E-state index in [9.17, 15) is 0 Å². The molecule has 0 radical (unpaired) electrons. The van der Waals surface area contributed by atoms with Gasteiger partial charge in [0.25, 0.3) is 0 Å². The van der Waals surface area contributed by atoms with Gasteiger partial charge in [0.05, 0.1) is 15.2 Å². The van der Waals surface area contributed by atoms with Crippen LogP contribution in [0.3, 0.4) is 0 Å². The number of likely N-dealkylation sites (tertiary alicyclic amines) is 1. The quantitative estimate of drug-likeness (QED) is 0.858. The van der Waals surface area contributed by atoms with Gasteiger partial charge < -0.3 is 10.2 Å². The lowest BCUT2D eigenvalue weighted by Crippen LogP contribution is -2.45. The number of nitrogens with one attached hydrogen (secondary N) is 1. The Morgan fingerprint density at radius 1 is 1.29 bits per heavy atom. The standard InChI is InChI=1S/C16H19N3S2/c20-16(17-12-7-8-12)19-9-3-4-11(10-19)15-18-13-5-1-2-6-14(13)21-15/h1-2,5-6,11-12H,3-4,7-10H2,(H,17,20)/t11-/m1/s1. The molecule has 2 aromatic rings. The molecule has 1 saturated heterocycles. The van der Waals surface area contributed by atoms with Crippen molar-refractivity contribution in [2.75, 3.05) is 13.1 Å². The molecule has 1 atom stereocenters. The Morgan fingerprint density at radius 2 is 2.14 bits per heavy atom. The molecule has 110 valence electrons. The monoisotopic (exact) mass is 317 g/mol. The fraction of sp³-hybridized carbons (Fsp3) is 0.500. The molecule has 3 nitrogen and oxygen atoms in total. The zero-order valence-electron chi connectivity index (χ0n) is 11.9. The first-order valence-corrected chi connectivity index (χ1v) is 8.93. The second kappa shape index (κ2) is 5.54. The molecule has 0 spiro atoms. The van der Waals surface area contributed by atoms with Crippen molar-refractivity contribution in [3.63, 3.8) is 0 Å². The summed E-state index contributed by atoms with van der Waals surface area (Å²) in [6, 6.07) is 9.06. The maximum absolute atomic E-state index is 5.56. The van der Waals surface area contributed by atoms with Crippen molar-refractivity contribution in [3.05, 3.63) is 29.3 Å². The predicted molar refractivity (Wildman–Crippen MR) is 91.9 cm³/mol. The number of para-hydroxylation sites is 1. The number of rotatable bonds is 2. The van der Waals surface area contributed by atoms with Gasteiger partial charge in [0.15, 0.2) is 5.11 Å². The smallest absolute Gasteiger partial charge is 0.169 e. The van der Waals surface area contributed by atoms with Gasteiger partial charge in [-0.3, -0.25) is 0 Å². The summed E-state index contributed by atoms with van der Waals surface area (Å²) in [4.78, 5) is 7.17. The Labute approximate surface area is 134 Å². The highest BCUT2D eigenvalue weighted by Gasteiger charge is 2.28. The van der Waals surface area contributed by atoms with E-state index in [-0.39, 0.29) is 0 Å². The molecular formula is C16H19N3S2. The summed E-state index contributed by atoms with van der Waals surface area (Å²) in [6.45, 7) is 2.10. The van der Waals surface area contributed by atoms with Crippen molar-refractivity contribution >= 4 is 38.9 Å². The highest BCUT2D eigenvalue weighted by Crippen LogP contribution is 2.33. The maximum atomic E-state index is 5.56. The summed E-state index contributed by atoms with van der Waals surface area (Å²) in [5.74, 6) is 0.523. The van der Waals surface area contributed by atoms with Crippen LogP contribution in [0.25, 0.3) is 10.2 Å². The average Bonchev–Trinajstić information content (AvgIpc) is 3.22. The van der Waals surface area contributed by atoms with Crippen molar-refractivity contribution in [1.82, 2.24) is 15.2 Å². The van der Waals surface area contributed by atoms with Crippen LogP contribution < -0.4 is 5.32 Å². The van der Waals surface area contributed by atoms with E-state index < -0.39 is 0 Å². The van der Waals surface area contributed by atoms with E-state index in [4.69, 9.17) is 17.2 Å². The number of fused-ring (bicyclic) bond motifs is 1. The maximum Gasteiger partial charge on any atom is 0.169 e. The third-order valence-corrected chi connectivity index (χ3v) is 5.85. The second-order valence-electron chi connectivity index (χ2n) is 6.03. The van der Waals surface area contributed by atoms with Crippen LogP contribution in [0.5, 0.6) is 0 Å². The number of thiazole rings is 1. The largest absolute Gasteiger partial charge is 0.360 e. The van der Waals surface area contributed by atoms with E-state index in [0.717, 1.165) is 23.7 Å². The first kappa shape index (κ1) is 13.5. The molecule has 2 fully saturated rings. The van der Waals surface area contributed by atoms with Crippen LogP contribution in [0, 0.1) is 0 Å². The summed E-state index contributed by atoms with van der Waals surface area (Å²) in [7, 11) is 0. The Kier molecular flexibility index (Phi) is 3.55. The minimum atomic E-state index is 0.523. The summed E-state index contributed by atoms with van der Waals surface area (Å²) >= 11 is 7.40. The summed E-state index contributed by atoms with van der Waals surface area (Å²) in [6.07, 6.45) is 4.97. The topological polar surface area (TPSA) is 28.2 Å². The van der Waals surface area contributed by atoms with Crippen LogP contribution in [-0.4, -0.2) is 34.1 Å². The zero-order chi connectivity index (χ0) is 14.2. The molecule has 1 N–H and O–H groups in total. The van der Waals surface area contributed by atoms with Gasteiger partial charge in [0, 0.05) is 25.0 Å². The average molecular weight is 317 g/mol. The molecule has 1 aromatic carbocycles. The Morgan fingerprint density at radius 3 is 2.95 bits per heavy atom. The van der Waals surface area contributed by atoms with E-state index in [0.29, 0.717) is 12.0 Å². The van der Waals surface area contributed by atoms with Gasteiger partial charge in [-0.25, -0.2) is 4.98 Å². The Balaban J connectivity index is 1.50. The Bertz CT molecular complexity index is 629. The number of nitrogens with zero attached hydrogens (tertiary/aromatic N) is 2. The van der Waals surface area contributed by atoms with Crippen molar-refractivity contribution in [1.29, 1.82) is 0 Å². The normalized spacial score (nSPS) is 22.5. The first-order chi connectivity index (χ1) is 10.3. The number of benzene rings is 1. The first-order valence-electron chi connectivity index (χ1n) is 7.70. The van der Waals surface area contributed by atoms with Crippen LogP contribution in [0.2, 0.25) is 0 Å². The van der Waals surface area contributed by atoms with Gasteiger partial charge in [-0.15, -0.1) is 11.3 Å². The number of hydrogen-bond acceptors (Lipinski definition) is 3. The molecule has 2 heterocycles. The molecule has 4 rings (SSSR count). The fourth-order valence-corrected chi connectivity index (χ4v) is 4.35. The lowest BCUT2D eigenvalue weighted by atomic mass is 9.99. The number of thiocarbonyl (C=S) groups is 1. The molecule has 2 aliphatic rings. The summed E-state index contributed by atoms with van der Waals surface area (Å²) < 4.78 is 1.29. The molecule has 1 saturated carbocycles. The van der Waals surface area contributed by atoms with Crippen molar-refractivity contribution in [2.24, 2.45) is 0 Å². The summed E-state index contributed by atoms with van der Waals surface area (Å²) in [5.41, 5.74) is 1.13. The lowest BCUT2D eigenvalue weighted by molar-refractivity contribution is 0.305. The van der Waals surface area contributed by atoms with Crippen LogP contribution in [0.1, 0.15) is 36.6 Å². The molecule has 21 heavy (non-hydrogen) atoms. The zero-order valence-corrected chi connectivity index (χ0v) is 13.6. The number of piperidine rings is 1. The van der Waals surface area contributed by atoms with Crippen molar-refractivity contribution in [2.45, 2.75) is 37.6 Å². The molecule has 1 aromatic heterocycles. The van der Waals surface area contributed by atoms with Crippen LogP contribution in [-0.2, 0) is 0 Å². The predicted octanol–water partition coefficient (Wildman–Crippen LogP) is 3.51. The minimum Gasteiger partial charge on any atom is -0.360 e. The third-order valence-electron chi connectivity index (χ3n) is 4.27. The van der Waals surface area contributed by atoms with Crippen molar-refractivity contribution < 1.29 is 0 Å². The van der Waals surface area contributed by atoms with Gasteiger partial charge >= 0.3 is 0 Å². The second-order valence-corrected chi connectivity index (χ2v) is 7.48. The van der Waals surface area contributed by atoms with E-state index in [1.165, 1.54) is 35.4 Å². The van der Waals surface area contributed by atoms with Gasteiger partial charge in [0.2, 0.25) is 0 Å².